The molecule has 0 aliphatic carbocycles. The van der Waals surface area contributed by atoms with Crippen molar-refractivity contribution in [3.63, 3.8) is 0 Å². The van der Waals surface area contributed by atoms with Gasteiger partial charge in [0.1, 0.15) is 5.69 Å². The highest BCUT2D eigenvalue weighted by Crippen LogP contribution is 2.28. The van der Waals surface area contributed by atoms with E-state index in [1.807, 2.05) is 0 Å². The average Bonchev–Trinajstić information content (AvgIpc) is 2.42. The number of rotatable bonds is 2. The van der Waals surface area contributed by atoms with Crippen LogP contribution in [0.4, 0.5) is 18.9 Å². The number of hydrogen-bond acceptors (Lipinski definition) is 3. The van der Waals surface area contributed by atoms with E-state index in [2.05, 4.69) is 29.0 Å². The molecule has 0 bridgehead atoms. The molecule has 0 spiro atoms. The van der Waals surface area contributed by atoms with Crippen molar-refractivity contribution >= 4 is 5.69 Å². The molecule has 2 rings (SSSR count). The number of nitrogens with zero attached hydrogens (tertiary/aromatic N) is 2. The normalized spacial score (nSPS) is 24.5. The first kappa shape index (κ1) is 16.1. The molecule has 0 aromatic carbocycles. The summed E-state index contributed by atoms with van der Waals surface area (Å²) in [5.41, 5.74) is -0.0638. The molecule has 118 valence electrons. The minimum Gasteiger partial charge on any atom is -0.370 e. The van der Waals surface area contributed by atoms with Crippen LogP contribution in [0.15, 0.2) is 18.3 Å². The number of anilines is 1. The minimum absolute atomic E-state index is 0.446. The van der Waals surface area contributed by atoms with Gasteiger partial charge in [-0.05, 0) is 37.4 Å². The van der Waals surface area contributed by atoms with Crippen LogP contribution in [-0.2, 0) is 6.18 Å². The second-order valence-electron chi connectivity index (χ2n) is 5.75. The van der Waals surface area contributed by atoms with Crippen molar-refractivity contribution in [3.8, 4) is 0 Å². The lowest BCUT2D eigenvalue weighted by Crippen LogP contribution is -2.43. The van der Waals surface area contributed by atoms with Crippen molar-refractivity contribution < 1.29 is 13.2 Å². The summed E-state index contributed by atoms with van der Waals surface area (Å²) in [6.45, 7) is 6.89. The Balaban J connectivity index is 2.11. The Morgan fingerprint density at radius 2 is 2.14 bits per heavy atom. The molecule has 1 aromatic heterocycles. The summed E-state index contributed by atoms with van der Waals surface area (Å²) in [4.78, 5) is 5.70. The largest absolute Gasteiger partial charge is 0.433 e. The van der Waals surface area contributed by atoms with Crippen molar-refractivity contribution in [1.29, 1.82) is 0 Å². The van der Waals surface area contributed by atoms with Gasteiger partial charge < -0.3 is 10.2 Å². The van der Waals surface area contributed by atoms with Crippen LogP contribution in [0.5, 0.6) is 0 Å². The van der Waals surface area contributed by atoms with Crippen molar-refractivity contribution in [2.45, 2.75) is 38.9 Å². The summed E-state index contributed by atoms with van der Waals surface area (Å²) < 4.78 is 37.7. The summed E-state index contributed by atoms with van der Waals surface area (Å²) in [6.07, 6.45) is -0.985. The standard InChI is InChI=1S/C15H22F3N3/c1-3-12-6-7-21(10-11(2)8-19-12)13-4-5-14(20-9-13)15(16,17)18/h4-5,9,11-12,19H,3,6-8,10H2,1-2H3. The monoisotopic (exact) mass is 301 g/mol. The van der Waals surface area contributed by atoms with Gasteiger partial charge in [0.2, 0.25) is 0 Å². The highest BCUT2D eigenvalue weighted by molar-refractivity contribution is 5.45. The zero-order valence-corrected chi connectivity index (χ0v) is 12.5. The van der Waals surface area contributed by atoms with Crippen LogP contribution in [-0.4, -0.2) is 30.7 Å². The summed E-state index contributed by atoms with van der Waals surface area (Å²) in [5.74, 6) is 0.446. The van der Waals surface area contributed by atoms with Crippen LogP contribution < -0.4 is 10.2 Å². The molecule has 1 saturated heterocycles. The Morgan fingerprint density at radius 1 is 1.38 bits per heavy atom. The van der Waals surface area contributed by atoms with Gasteiger partial charge in [0.05, 0.1) is 11.9 Å². The number of hydrogen-bond donors (Lipinski definition) is 1. The van der Waals surface area contributed by atoms with Crippen LogP contribution in [0.25, 0.3) is 0 Å². The smallest absolute Gasteiger partial charge is 0.370 e. The summed E-state index contributed by atoms with van der Waals surface area (Å²) >= 11 is 0. The Bertz CT molecular complexity index is 444. The van der Waals surface area contributed by atoms with E-state index in [0.29, 0.717) is 12.0 Å². The molecule has 1 aliphatic rings. The Kier molecular flexibility index (Phi) is 5.08. The Labute approximate surface area is 123 Å². The highest BCUT2D eigenvalue weighted by atomic mass is 19.4. The molecule has 0 amide bonds. The Hall–Kier alpha value is -1.30. The molecule has 1 aromatic rings. The van der Waals surface area contributed by atoms with Crippen LogP contribution >= 0.6 is 0 Å². The van der Waals surface area contributed by atoms with Crippen molar-refractivity contribution in [2.24, 2.45) is 5.92 Å². The fourth-order valence-corrected chi connectivity index (χ4v) is 2.64. The average molecular weight is 301 g/mol. The van der Waals surface area contributed by atoms with Gasteiger partial charge in [-0.25, -0.2) is 4.98 Å². The minimum atomic E-state index is -4.38. The molecular formula is C15H22F3N3. The molecular weight excluding hydrogens is 279 g/mol. The molecule has 2 unspecified atom stereocenters. The summed E-state index contributed by atoms with van der Waals surface area (Å²) in [7, 11) is 0. The topological polar surface area (TPSA) is 28.2 Å². The van der Waals surface area contributed by atoms with Gasteiger partial charge in [-0.2, -0.15) is 13.2 Å². The maximum absolute atomic E-state index is 12.6. The van der Waals surface area contributed by atoms with E-state index in [0.717, 1.165) is 44.2 Å². The van der Waals surface area contributed by atoms with Crippen LogP contribution in [0.1, 0.15) is 32.4 Å². The van der Waals surface area contributed by atoms with E-state index in [1.165, 1.54) is 12.3 Å². The fourth-order valence-electron chi connectivity index (χ4n) is 2.64. The third-order valence-corrected chi connectivity index (χ3v) is 3.93. The van der Waals surface area contributed by atoms with E-state index in [1.54, 1.807) is 0 Å². The number of nitrogens with one attached hydrogen (secondary N) is 1. The van der Waals surface area contributed by atoms with E-state index >= 15 is 0 Å². The lowest BCUT2D eigenvalue weighted by Gasteiger charge is -2.33. The predicted molar refractivity (Wildman–Crippen MR) is 77.3 cm³/mol. The maximum Gasteiger partial charge on any atom is 0.433 e. The van der Waals surface area contributed by atoms with Gasteiger partial charge in [0.15, 0.2) is 0 Å². The van der Waals surface area contributed by atoms with E-state index in [9.17, 15) is 13.2 Å². The molecule has 1 N–H and O–H groups in total. The second-order valence-corrected chi connectivity index (χ2v) is 5.75. The van der Waals surface area contributed by atoms with Crippen LogP contribution in [0.2, 0.25) is 0 Å². The molecule has 3 nitrogen and oxygen atoms in total. The SMILES string of the molecule is CCC1CCN(c2ccc(C(F)(F)F)nc2)CC(C)CN1. The first-order valence-electron chi connectivity index (χ1n) is 7.41. The molecule has 2 heterocycles. The maximum atomic E-state index is 12.6. The first-order chi connectivity index (χ1) is 9.90. The van der Waals surface area contributed by atoms with Gasteiger partial charge in [-0.1, -0.05) is 13.8 Å². The molecule has 1 fully saturated rings. The third kappa shape index (κ3) is 4.33. The second kappa shape index (κ2) is 6.64. The lowest BCUT2D eigenvalue weighted by molar-refractivity contribution is -0.141. The van der Waals surface area contributed by atoms with Crippen molar-refractivity contribution in [2.75, 3.05) is 24.5 Å². The number of halogens is 3. The van der Waals surface area contributed by atoms with Gasteiger partial charge in [-0.3, -0.25) is 0 Å². The molecule has 0 radical (unpaired) electrons. The summed E-state index contributed by atoms with van der Waals surface area (Å²) in [6, 6.07) is 3.06. The quantitative estimate of drug-likeness (QED) is 0.908. The number of aromatic nitrogens is 1. The molecule has 0 saturated carbocycles. The van der Waals surface area contributed by atoms with Crippen molar-refractivity contribution in [1.82, 2.24) is 10.3 Å². The zero-order chi connectivity index (χ0) is 15.5. The van der Waals surface area contributed by atoms with Gasteiger partial charge in [0.25, 0.3) is 0 Å². The van der Waals surface area contributed by atoms with Gasteiger partial charge in [0, 0.05) is 19.1 Å². The van der Waals surface area contributed by atoms with E-state index in [-0.39, 0.29) is 0 Å². The number of alkyl halides is 3. The van der Waals surface area contributed by atoms with Gasteiger partial charge >= 0.3 is 6.18 Å². The van der Waals surface area contributed by atoms with Gasteiger partial charge in [-0.15, -0.1) is 0 Å². The molecule has 2 atom stereocenters. The molecule has 21 heavy (non-hydrogen) atoms. The first-order valence-corrected chi connectivity index (χ1v) is 7.41. The molecule has 6 heteroatoms. The Morgan fingerprint density at radius 3 is 2.71 bits per heavy atom. The van der Waals surface area contributed by atoms with Crippen molar-refractivity contribution in [3.05, 3.63) is 24.0 Å². The zero-order valence-electron chi connectivity index (χ0n) is 12.5. The number of pyridine rings is 1. The van der Waals surface area contributed by atoms with E-state index < -0.39 is 11.9 Å². The van der Waals surface area contributed by atoms with Crippen LogP contribution in [0.3, 0.4) is 0 Å². The molecule has 1 aliphatic heterocycles. The lowest BCUT2D eigenvalue weighted by atomic mass is 10.0. The summed E-state index contributed by atoms with van der Waals surface area (Å²) in [5, 5.41) is 3.53. The predicted octanol–water partition coefficient (Wildman–Crippen LogP) is 3.31. The van der Waals surface area contributed by atoms with E-state index in [4.69, 9.17) is 0 Å². The highest BCUT2D eigenvalue weighted by Gasteiger charge is 2.32. The van der Waals surface area contributed by atoms with Crippen LogP contribution in [0, 0.1) is 5.92 Å². The third-order valence-electron chi connectivity index (χ3n) is 3.93. The fraction of sp³-hybridized carbons (Fsp3) is 0.667.